The van der Waals surface area contributed by atoms with Crippen molar-refractivity contribution >= 4 is 17.3 Å². The fourth-order valence-electron chi connectivity index (χ4n) is 5.38. The van der Waals surface area contributed by atoms with Crippen LogP contribution in [0.3, 0.4) is 0 Å². The third-order valence-corrected chi connectivity index (χ3v) is 8.24. The summed E-state index contributed by atoms with van der Waals surface area (Å²) >= 11 is 0. The quantitative estimate of drug-likeness (QED) is 0.376. The van der Waals surface area contributed by atoms with Gasteiger partial charge in [-0.25, -0.2) is 0 Å². The highest BCUT2D eigenvalue weighted by Crippen LogP contribution is 2.35. The first-order chi connectivity index (χ1) is 16.8. The van der Waals surface area contributed by atoms with Gasteiger partial charge in [0.25, 0.3) is 0 Å². The Labute approximate surface area is 209 Å². The normalized spacial score (nSPS) is 25.8. The van der Waals surface area contributed by atoms with Crippen LogP contribution in [-0.4, -0.2) is 48.6 Å². The van der Waals surface area contributed by atoms with Gasteiger partial charge in [-0.1, -0.05) is 38.1 Å². The average Bonchev–Trinajstić information content (AvgIpc) is 3.57. The first-order valence-electron chi connectivity index (χ1n) is 13.0. The number of hydrogen-bond acceptors (Lipinski definition) is 5. The van der Waals surface area contributed by atoms with Crippen LogP contribution in [0, 0.1) is 0 Å². The van der Waals surface area contributed by atoms with Gasteiger partial charge in [0.1, 0.15) is 5.41 Å². The molecule has 2 aromatic carbocycles. The van der Waals surface area contributed by atoms with E-state index < -0.39 is 11.4 Å². The topological polar surface area (TPSA) is 79.8 Å². The van der Waals surface area contributed by atoms with Crippen molar-refractivity contribution in [2.75, 3.05) is 36.9 Å². The van der Waals surface area contributed by atoms with E-state index in [0.29, 0.717) is 0 Å². The Morgan fingerprint density at radius 1 is 0.829 bits per heavy atom. The highest BCUT2D eigenvalue weighted by atomic mass is 16.5. The lowest BCUT2D eigenvalue weighted by atomic mass is 9.76. The van der Waals surface area contributed by atoms with Gasteiger partial charge < -0.3 is 25.2 Å². The Morgan fingerprint density at radius 3 is 1.51 bits per heavy atom. The third-order valence-electron chi connectivity index (χ3n) is 8.24. The smallest absolute Gasteiger partial charge is 0.318 e. The second-order valence-corrected chi connectivity index (χ2v) is 10.3. The van der Waals surface area contributed by atoms with Crippen LogP contribution in [0.1, 0.15) is 70.4 Å². The zero-order chi connectivity index (χ0) is 24.9. The molecule has 2 unspecified atom stereocenters. The average molecular weight is 481 g/mol. The number of benzene rings is 2. The first-order valence-corrected chi connectivity index (χ1v) is 13.0. The predicted molar refractivity (Wildman–Crippen MR) is 140 cm³/mol. The van der Waals surface area contributed by atoms with Gasteiger partial charge >= 0.3 is 5.97 Å². The van der Waals surface area contributed by atoms with E-state index in [1.807, 2.05) is 48.5 Å². The summed E-state index contributed by atoms with van der Waals surface area (Å²) < 4.78 is 12.0. The molecule has 2 heterocycles. The summed E-state index contributed by atoms with van der Waals surface area (Å²) in [6.45, 7) is 9.28. The van der Waals surface area contributed by atoms with Crippen molar-refractivity contribution in [1.82, 2.24) is 0 Å². The van der Waals surface area contributed by atoms with Crippen LogP contribution < -0.4 is 10.6 Å². The van der Waals surface area contributed by atoms with E-state index in [0.717, 1.165) is 87.3 Å². The zero-order valence-electron chi connectivity index (χ0n) is 21.4. The van der Waals surface area contributed by atoms with E-state index in [4.69, 9.17) is 9.47 Å². The summed E-state index contributed by atoms with van der Waals surface area (Å²) in [4.78, 5) is 12.5. The van der Waals surface area contributed by atoms with Crippen molar-refractivity contribution < 1.29 is 19.4 Å². The molecule has 0 saturated carbocycles. The van der Waals surface area contributed by atoms with Crippen LogP contribution in [0.4, 0.5) is 11.4 Å². The minimum atomic E-state index is -1.14. The van der Waals surface area contributed by atoms with E-state index in [9.17, 15) is 9.90 Å². The van der Waals surface area contributed by atoms with Gasteiger partial charge in [0, 0.05) is 37.7 Å². The molecule has 2 aliphatic heterocycles. The van der Waals surface area contributed by atoms with Gasteiger partial charge in [0.2, 0.25) is 0 Å². The molecule has 2 aromatic rings. The molecule has 0 spiro atoms. The lowest BCUT2D eigenvalue weighted by Gasteiger charge is -2.29. The van der Waals surface area contributed by atoms with Crippen LogP contribution in [0.25, 0.3) is 0 Å². The summed E-state index contributed by atoms with van der Waals surface area (Å²) in [6.07, 6.45) is 6.31. The second kappa shape index (κ2) is 10.6. The molecule has 3 N–H and O–H groups in total. The highest BCUT2D eigenvalue weighted by molar-refractivity contribution is 5.85. The maximum atomic E-state index is 12.5. The van der Waals surface area contributed by atoms with E-state index in [1.54, 1.807) is 6.92 Å². The molecule has 6 heteroatoms. The van der Waals surface area contributed by atoms with Crippen molar-refractivity contribution in [2.45, 2.75) is 75.9 Å². The number of rotatable bonds is 11. The molecule has 0 aliphatic carbocycles. The van der Waals surface area contributed by atoms with Crippen molar-refractivity contribution in [3.8, 4) is 0 Å². The molecule has 0 radical (unpaired) electrons. The van der Waals surface area contributed by atoms with Crippen LogP contribution >= 0.6 is 0 Å². The van der Waals surface area contributed by atoms with E-state index in [1.165, 1.54) is 0 Å². The second-order valence-electron chi connectivity index (χ2n) is 10.3. The summed E-state index contributed by atoms with van der Waals surface area (Å²) in [5.41, 5.74) is 2.13. The first kappa shape index (κ1) is 25.5. The Morgan fingerprint density at radius 2 is 1.23 bits per heavy atom. The zero-order valence-corrected chi connectivity index (χ0v) is 21.4. The lowest BCUT2D eigenvalue weighted by Crippen LogP contribution is -2.36. The van der Waals surface area contributed by atoms with Gasteiger partial charge in [-0.05, 0) is 80.8 Å². The number of hydrogen-bond donors (Lipinski definition) is 3. The van der Waals surface area contributed by atoms with Crippen molar-refractivity contribution in [1.29, 1.82) is 0 Å². The summed E-state index contributed by atoms with van der Waals surface area (Å²) in [5.74, 6) is -0.868. The Hall–Kier alpha value is -2.57. The van der Waals surface area contributed by atoms with Crippen LogP contribution in [0.15, 0.2) is 48.5 Å². The Balaban J connectivity index is 1.45. The van der Waals surface area contributed by atoms with Crippen LogP contribution in [0.5, 0.6) is 0 Å². The van der Waals surface area contributed by atoms with Gasteiger partial charge in [-0.15, -0.1) is 0 Å². The number of carboxylic acid groups (broad SMARTS) is 1. The molecule has 0 aromatic heterocycles. The number of ether oxygens (including phenoxy) is 2. The number of carboxylic acids is 1. The largest absolute Gasteiger partial charge is 0.480 e. The Kier molecular flexibility index (Phi) is 7.72. The van der Waals surface area contributed by atoms with Gasteiger partial charge in [0.05, 0.1) is 11.2 Å². The molecule has 2 aliphatic rings. The molecule has 4 rings (SSSR count). The molecular weight excluding hydrogens is 440 g/mol. The number of anilines is 2. The summed E-state index contributed by atoms with van der Waals surface area (Å²) in [5, 5.41) is 17.2. The lowest BCUT2D eigenvalue weighted by molar-refractivity contribution is -0.141. The number of aliphatic carboxylic acids is 1. The highest BCUT2D eigenvalue weighted by Gasteiger charge is 2.38. The van der Waals surface area contributed by atoms with Gasteiger partial charge in [-0.2, -0.15) is 0 Å². The molecule has 2 fully saturated rings. The molecule has 6 nitrogen and oxygen atoms in total. The van der Waals surface area contributed by atoms with Crippen LogP contribution in [-0.2, 0) is 19.7 Å². The monoisotopic (exact) mass is 480 g/mol. The van der Waals surface area contributed by atoms with E-state index >= 15 is 0 Å². The predicted octanol–water partition coefficient (Wildman–Crippen LogP) is 5.82. The molecule has 2 saturated heterocycles. The summed E-state index contributed by atoms with van der Waals surface area (Å²) in [7, 11) is 0. The molecule has 35 heavy (non-hydrogen) atoms. The third kappa shape index (κ3) is 5.34. The molecular formula is C29H40N2O4. The van der Waals surface area contributed by atoms with Crippen molar-refractivity contribution in [3.05, 3.63) is 59.7 Å². The molecule has 2 atom stereocenters. The molecule has 0 bridgehead atoms. The molecule has 190 valence electrons. The van der Waals surface area contributed by atoms with Crippen molar-refractivity contribution in [2.24, 2.45) is 0 Å². The number of carbonyl (C=O) groups is 1. The van der Waals surface area contributed by atoms with E-state index in [2.05, 4.69) is 24.5 Å². The van der Waals surface area contributed by atoms with Gasteiger partial charge in [0.15, 0.2) is 0 Å². The SMILES string of the molecule is CCC1(CNc2ccc(C(C)(C(=O)O)c3ccc(NCC4(CC)CCCO4)cc3)cc2)CCCO1. The fourth-order valence-corrected chi connectivity index (χ4v) is 5.38. The minimum Gasteiger partial charge on any atom is -0.480 e. The Bertz CT molecular complexity index is 903. The van der Waals surface area contributed by atoms with Crippen LogP contribution in [0.2, 0.25) is 0 Å². The molecule has 0 amide bonds. The van der Waals surface area contributed by atoms with Gasteiger partial charge in [-0.3, -0.25) is 4.79 Å². The minimum absolute atomic E-state index is 0.0926. The fraction of sp³-hybridized carbons (Fsp3) is 0.552. The maximum absolute atomic E-state index is 12.5. The summed E-state index contributed by atoms with van der Waals surface area (Å²) in [6, 6.07) is 15.5. The number of nitrogens with one attached hydrogen (secondary N) is 2. The van der Waals surface area contributed by atoms with E-state index in [-0.39, 0.29) is 11.2 Å². The maximum Gasteiger partial charge on any atom is 0.318 e. The standard InChI is InChI=1S/C29H40N2O4/c1-4-28(16-6-18-34-28)20-30-24-12-8-22(9-13-24)27(3,26(32)33)23-10-14-25(15-11-23)31-21-29(5-2)17-7-19-35-29/h8-15,30-31H,4-7,16-21H2,1-3H3,(H,32,33). The van der Waals surface area contributed by atoms with Crippen molar-refractivity contribution in [3.63, 3.8) is 0 Å².